The Morgan fingerprint density at radius 2 is 1.44 bits per heavy atom. The van der Waals surface area contributed by atoms with Gasteiger partial charge in [0.15, 0.2) is 0 Å². The van der Waals surface area contributed by atoms with E-state index in [1.807, 2.05) is 30.3 Å². The van der Waals surface area contributed by atoms with Crippen molar-refractivity contribution in [3.8, 4) is 5.75 Å². The number of unbranched alkanes of at least 4 members (excludes halogenated alkanes) is 7. The van der Waals surface area contributed by atoms with Gasteiger partial charge in [-0.05, 0) is 52.9 Å². The second-order valence-electron chi connectivity index (χ2n) is 9.62. The largest absolute Gasteiger partial charge is 0.478 e. The van der Waals surface area contributed by atoms with Gasteiger partial charge in [-0.15, -0.1) is 0 Å². The highest BCUT2D eigenvalue weighted by Gasteiger charge is 2.28. The molecule has 36 heavy (non-hydrogen) atoms. The van der Waals surface area contributed by atoms with Crippen molar-refractivity contribution in [3.05, 3.63) is 77.4 Å². The Kier molecular flexibility index (Phi) is 10.3. The van der Waals surface area contributed by atoms with Gasteiger partial charge in [0.25, 0.3) is 0 Å². The molecule has 0 aromatic heterocycles. The lowest BCUT2D eigenvalue weighted by Crippen LogP contribution is -2.20. The molecule has 0 saturated carbocycles. The van der Waals surface area contributed by atoms with Crippen molar-refractivity contribution in [2.75, 3.05) is 0 Å². The van der Waals surface area contributed by atoms with Crippen LogP contribution in [0.3, 0.4) is 0 Å². The lowest BCUT2D eigenvalue weighted by molar-refractivity contribution is -0.145. The number of aromatic carboxylic acids is 1. The number of aliphatic carboxylic acids is 1. The van der Waals surface area contributed by atoms with Crippen LogP contribution in [0.25, 0.3) is 10.8 Å². The first-order valence-corrected chi connectivity index (χ1v) is 13.2. The van der Waals surface area contributed by atoms with Crippen LogP contribution in [0.2, 0.25) is 0 Å². The highest BCUT2D eigenvalue weighted by atomic mass is 16.5. The summed E-state index contributed by atoms with van der Waals surface area (Å²) in [6.07, 6.45) is 9.81. The van der Waals surface area contributed by atoms with E-state index in [2.05, 4.69) is 19.9 Å². The molecule has 0 fully saturated rings. The van der Waals surface area contributed by atoms with Gasteiger partial charge >= 0.3 is 11.9 Å². The standard InChI is InChI=1S/C31H38O5/c1-3-4-5-6-7-8-9-10-13-22(2)28-26-15-12-11-14-23(26)18-21-27(28)29(31(34)35)36-25-19-16-24(17-20-25)30(32)33/h11-12,14-22,29H,3-10,13H2,1-2H3,(H,32,33)(H,34,35). The number of hydrogen-bond acceptors (Lipinski definition) is 3. The maximum atomic E-state index is 12.4. The molecule has 2 atom stereocenters. The van der Waals surface area contributed by atoms with Crippen molar-refractivity contribution in [2.45, 2.75) is 83.7 Å². The van der Waals surface area contributed by atoms with Gasteiger partial charge in [0.05, 0.1) is 5.56 Å². The molecule has 0 aliphatic heterocycles. The minimum absolute atomic E-state index is 0.125. The zero-order valence-electron chi connectivity index (χ0n) is 21.4. The summed E-state index contributed by atoms with van der Waals surface area (Å²) in [6, 6.07) is 17.7. The minimum atomic E-state index is -1.19. The van der Waals surface area contributed by atoms with Gasteiger partial charge in [0.2, 0.25) is 6.10 Å². The van der Waals surface area contributed by atoms with E-state index in [-0.39, 0.29) is 11.5 Å². The van der Waals surface area contributed by atoms with Crippen LogP contribution in [0.1, 0.15) is 105 Å². The van der Waals surface area contributed by atoms with Gasteiger partial charge in [0, 0.05) is 5.56 Å². The Morgan fingerprint density at radius 3 is 2.08 bits per heavy atom. The summed E-state index contributed by atoms with van der Waals surface area (Å²) in [7, 11) is 0. The number of rotatable bonds is 15. The first-order valence-electron chi connectivity index (χ1n) is 13.2. The van der Waals surface area contributed by atoms with Crippen LogP contribution in [-0.4, -0.2) is 22.2 Å². The zero-order chi connectivity index (χ0) is 25.9. The Morgan fingerprint density at radius 1 is 0.806 bits per heavy atom. The van der Waals surface area contributed by atoms with Gasteiger partial charge in [-0.1, -0.05) is 102 Å². The molecule has 2 unspecified atom stereocenters. The number of hydrogen-bond donors (Lipinski definition) is 2. The second-order valence-corrected chi connectivity index (χ2v) is 9.62. The average molecular weight is 491 g/mol. The third-order valence-electron chi connectivity index (χ3n) is 6.85. The molecule has 3 rings (SSSR count). The molecule has 0 heterocycles. The molecule has 5 nitrogen and oxygen atoms in total. The van der Waals surface area contributed by atoms with E-state index in [0.717, 1.165) is 29.2 Å². The number of carbonyl (C=O) groups is 2. The number of fused-ring (bicyclic) bond motifs is 1. The van der Waals surface area contributed by atoms with Crippen molar-refractivity contribution in [1.82, 2.24) is 0 Å². The Hall–Kier alpha value is -3.34. The predicted octanol–water partition coefficient (Wildman–Crippen LogP) is 8.38. The van der Waals surface area contributed by atoms with E-state index < -0.39 is 18.0 Å². The monoisotopic (exact) mass is 490 g/mol. The van der Waals surface area contributed by atoms with Gasteiger partial charge in [-0.2, -0.15) is 0 Å². The minimum Gasteiger partial charge on any atom is -0.478 e. The predicted molar refractivity (Wildman–Crippen MR) is 144 cm³/mol. The van der Waals surface area contributed by atoms with Gasteiger partial charge in [0.1, 0.15) is 5.75 Å². The Bertz CT molecular complexity index is 1140. The Labute approximate surface area is 214 Å². The molecule has 2 N–H and O–H groups in total. The Balaban J connectivity index is 1.81. The molecular weight excluding hydrogens is 452 g/mol. The average Bonchev–Trinajstić information content (AvgIpc) is 2.88. The molecule has 0 amide bonds. The van der Waals surface area contributed by atoms with Gasteiger partial charge in [-0.3, -0.25) is 0 Å². The maximum absolute atomic E-state index is 12.4. The number of ether oxygens (including phenoxy) is 1. The fourth-order valence-corrected chi connectivity index (χ4v) is 4.88. The molecule has 5 heteroatoms. The van der Waals surface area contributed by atoms with Crippen molar-refractivity contribution >= 4 is 22.7 Å². The number of carboxylic acid groups (broad SMARTS) is 2. The first kappa shape index (κ1) is 27.3. The van der Waals surface area contributed by atoms with E-state index in [9.17, 15) is 14.7 Å². The highest BCUT2D eigenvalue weighted by Crippen LogP contribution is 2.37. The van der Waals surface area contributed by atoms with E-state index in [4.69, 9.17) is 9.84 Å². The summed E-state index contributed by atoms with van der Waals surface area (Å²) in [5.41, 5.74) is 1.79. The van der Waals surface area contributed by atoms with E-state index in [1.165, 1.54) is 69.2 Å². The molecule has 192 valence electrons. The molecule has 0 aliphatic carbocycles. The van der Waals surface area contributed by atoms with Crippen LogP contribution >= 0.6 is 0 Å². The van der Waals surface area contributed by atoms with Crippen LogP contribution in [0.15, 0.2) is 60.7 Å². The normalized spacial score (nSPS) is 12.8. The van der Waals surface area contributed by atoms with Crippen molar-refractivity contribution in [1.29, 1.82) is 0 Å². The molecule has 3 aromatic carbocycles. The van der Waals surface area contributed by atoms with Crippen LogP contribution in [0.5, 0.6) is 5.75 Å². The van der Waals surface area contributed by atoms with E-state index >= 15 is 0 Å². The first-order chi connectivity index (χ1) is 17.4. The van der Waals surface area contributed by atoms with Crippen LogP contribution in [0, 0.1) is 0 Å². The molecule has 0 saturated heterocycles. The summed E-state index contributed by atoms with van der Waals surface area (Å²) in [5, 5.41) is 21.4. The topological polar surface area (TPSA) is 83.8 Å². The molecule has 0 radical (unpaired) electrons. The molecule has 0 aliphatic rings. The fraction of sp³-hybridized carbons (Fsp3) is 0.419. The molecule has 0 spiro atoms. The zero-order valence-corrected chi connectivity index (χ0v) is 21.4. The van der Waals surface area contributed by atoms with Crippen LogP contribution in [0.4, 0.5) is 0 Å². The summed E-state index contributed by atoms with van der Waals surface area (Å²) in [5.74, 6) is -1.62. The third-order valence-corrected chi connectivity index (χ3v) is 6.85. The summed E-state index contributed by atoms with van der Waals surface area (Å²) in [4.78, 5) is 23.5. The lowest BCUT2D eigenvalue weighted by Gasteiger charge is -2.24. The van der Waals surface area contributed by atoms with Crippen LogP contribution in [-0.2, 0) is 4.79 Å². The number of benzene rings is 3. The van der Waals surface area contributed by atoms with Gasteiger partial charge < -0.3 is 14.9 Å². The molecule has 0 bridgehead atoms. The van der Waals surface area contributed by atoms with Crippen molar-refractivity contribution in [2.24, 2.45) is 0 Å². The van der Waals surface area contributed by atoms with Crippen molar-refractivity contribution in [3.63, 3.8) is 0 Å². The lowest BCUT2D eigenvalue weighted by atomic mass is 9.85. The van der Waals surface area contributed by atoms with E-state index in [1.54, 1.807) is 0 Å². The van der Waals surface area contributed by atoms with Crippen LogP contribution < -0.4 is 4.74 Å². The summed E-state index contributed by atoms with van der Waals surface area (Å²) >= 11 is 0. The highest BCUT2D eigenvalue weighted by molar-refractivity contribution is 5.89. The molecular formula is C31H38O5. The maximum Gasteiger partial charge on any atom is 0.349 e. The van der Waals surface area contributed by atoms with E-state index in [0.29, 0.717) is 11.3 Å². The fourth-order valence-electron chi connectivity index (χ4n) is 4.88. The van der Waals surface area contributed by atoms with Gasteiger partial charge in [-0.25, -0.2) is 9.59 Å². The third kappa shape index (κ3) is 7.33. The smallest absolute Gasteiger partial charge is 0.349 e. The summed E-state index contributed by atoms with van der Waals surface area (Å²) < 4.78 is 5.93. The summed E-state index contributed by atoms with van der Waals surface area (Å²) in [6.45, 7) is 4.41. The number of carboxylic acids is 2. The molecule has 3 aromatic rings. The second kappa shape index (κ2) is 13.7. The quantitative estimate of drug-likeness (QED) is 0.209. The van der Waals surface area contributed by atoms with Crippen molar-refractivity contribution < 1.29 is 24.5 Å². The SMILES string of the molecule is CCCCCCCCCCC(C)c1c(C(Oc2ccc(C(=O)O)cc2)C(=O)O)ccc2ccccc12.